The second-order valence-electron chi connectivity index (χ2n) is 3.88. The van der Waals surface area contributed by atoms with Crippen molar-refractivity contribution in [1.82, 2.24) is 15.0 Å². The van der Waals surface area contributed by atoms with Gasteiger partial charge in [0.05, 0.1) is 16.9 Å². The van der Waals surface area contributed by atoms with E-state index >= 15 is 0 Å². The Morgan fingerprint density at radius 2 is 2.14 bits per heavy atom. The predicted octanol–water partition coefficient (Wildman–Crippen LogP) is 3.35. The molecular formula is C12H11F3N4S2. The first-order valence-electron chi connectivity index (χ1n) is 5.77. The molecule has 0 aromatic carbocycles. The van der Waals surface area contributed by atoms with Gasteiger partial charge >= 0.3 is 6.18 Å². The lowest BCUT2D eigenvalue weighted by Gasteiger charge is -2.09. The van der Waals surface area contributed by atoms with Crippen molar-refractivity contribution in [3.05, 3.63) is 40.1 Å². The van der Waals surface area contributed by atoms with Crippen LogP contribution in [0.3, 0.4) is 0 Å². The number of thiazole rings is 1. The summed E-state index contributed by atoms with van der Waals surface area (Å²) >= 11 is 2.52. The summed E-state index contributed by atoms with van der Waals surface area (Å²) in [5.74, 6) is 0.428. The molecule has 0 unspecified atom stereocenters. The number of rotatable bonds is 5. The van der Waals surface area contributed by atoms with Crippen molar-refractivity contribution in [2.75, 3.05) is 0 Å². The first-order chi connectivity index (χ1) is 9.94. The van der Waals surface area contributed by atoms with Crippen LogP contribution >= 0.6 is 23.1 Å². The second-order valence-corrected chi connectivity index (χ2v) is 5.76. The highest BCUT2D eigenvalue weighted by Crippen LogP contribution is 2.31. The van der Waals surface area contributed by atoms with Gasteiger partial charge in [0, 0.05) is 17.2 Å². The Hall–Kier alpha value is -1.45. The van der Waals surface area contributed by atoms with Gasteiger partial charge in [-0.1, -0.05) is 18.3 Å². The smallest absolute Gasteiger partial charge is 0.325 e. The molecule has 0 amide bonds. The number of alkyl halides is 3. The minimum atomic E-state index is -4.51. The molecule has 0 fully saturated rings. The Morgan fingerprint density at radius 3 is 2.76 bits per heavy atom. The van der Waals surface area contributed by atoms with Crippen LogP contribution in [0.25, 0.3) is 6.08 Å². The Bertz CT molecular complexity index is 640. The average Bonchev–Trinajstić information content (AvgIpc) is 2.91. The molecule has 0 atom stereocenters. The second kappa shape index (κ2) is 6.54. The summed E-state index contributed by atoms with van der Waals surface area (Å²) in [4.78, 5) is 12.5. The molecule has 0 saturated heterocycles. The monoisotopic (exact) mass is 332 g/mol. The van der Waals surface area contributed by atoms with E-state index in [9.17, 15) is 13.2 Å². The first-order valence-corrected chi connectivity index (χ1v) is 7.63. The van der Waals surface area contributed by atoms with Gasteiger partial charge in [-0.3, -0.25) is 0 Å². The van der Waals surface area contributed by atoms with Gasteiger partial charge in [-0.05, 0) is 12.1 Å². The Balaban J connectivity index is 2.21. The van der Waals surface area contributed by atoms with Crippen molar-refractivity contribution in [2.24, 2.45) is 5.73 Å². The van der Waals surface area contributed by atoms with E-state index in [1.807, 2.05) is 0 Å². The molecule has 2 heterocycles. The topological polar surface area (TPSA) is 64.7 Å². The molecule has 0 bridgehead atoms. The summed E-state index contributed by atoms with van der Waals surface area (Å²) in [6.45, 7) is 3.56. The number of thioether (sulfide) groups is 1. The van der Waals surface area contributed by atoms with E-state index in [1.165, 1.54) is 11.3 Å². The van der Waals surface area contributed by atoms with E-state index in [4.69, 9.17) is 5.73 Å². The van der Waals surface area contributed by atoms with Crippen molar-refractivity contribution in [3.63, 3.8) is 0 Å². The van der Waals surface area contributed by atoms with Crippen LogP contribution in [0.1, 0.15) is 22.0 Å². The van der Waals surface area contributed by atoms with Gasteiger partial charge in [0.2, 0.25) is 0 Å². The van der Waals surface area contributed by atoms with Gasteiger partial charge < -0.3 is 5.73 Å². The van der Waals surface area contributed by atoms with Gasteiger partial charge in [-0.2, -0.15) is 13.2 Å². The van der Waals surface area contributed by atoms with Gasteiger partial charge in [0.1, 0.15) is 5.69 Å². The number of aromatic nitrogens is 3. The largest absolute Gasteiger partial charge is 0.433 e. The van der Waals surface area contributed by atoms with Crippen LogP contribution in [0.5, 0.6) is 0 Å². The van der Waals surface area contributed by atoms with Crippen molar-refractivity contribution in [2.45, 2.75) is 23.6 Å². The van der Waals surface area contributed by atoms with Crippen molar-refractivity contribution >= 4 is 29.2 Å². The molecule has 0 aliphatic carbocycles. The zero-order chi connectivity index (χ0) is 15.5. The van der Waals surface area contributed by atoms with E-state index in [0.29, 0.717) is 5.75 Å². The minimum absolute atomic E-state index is 0.0497. The molecular weight excluding hydrogens is 321 g/mol. The normalized spacial score (nSPS) is 11.6. The SMILES string of the molecule is C=Cc1ncsc1CSc1nc(CN)cc(C(F)(F)F)n1. The summed E-state index contributed by atoms with van der Waals surface area (Å²) in [6.07, 6.45) is -2.91. The Morgan fingerprint density at radius 1 is 1.38 bits per heavy atom. The highest BCUT2D eigenvalue weighted by Gasteiger charge is 2.33. The summed E-state index contributed by atoms with van der Waals surface area (Å²) in [7, 11) is 0. The van der Waals surface area contributed by atoms with Crippen LogP contribution < -0.4 is 5.73 Å². The zero-order valence-electron chi connectivity index (χ0n) is 10.7. The van der Waals surface area contributed by atoms with Crippen LogP contribution in [0, 0.1) is 0 Å². The quantitative estimate of drug-likeness (QED) is 0.672. The third kappa shape index (κ3) is 4.02. The van der Waals surface area contributed by atoms with Crippen molar-refractivity contribution < 1.29 is 13.2 Å². The molecule has 2 aromatic heterocycles. The van der Waals surface area contributed by atoms with Crippen molar-refractivity contribution in [3.8, 4) is 0 Å². The van der Waals surface area contributed by atoms with E-state index in [0.717, 1.165) is 28.4 Å². The van der Waals surface area contributed by atoms with Crippen LogP contribution in [-0.2, 0) is 18.5 Å². The predicted molar refractivity (Wildman–Crippen MR) is 76.7 cm³/mol. The van der Waals surface area contributed by atoms with Crippen molar-refractivity contribution in [1.29, 1.82) is 0 Å². The summed E-state index contributed by atoms with van der Waals surface area (Å²) in [5, 5.41) is 0.0497. The molecule has 2 rings (SSSR count). The fourth-order valence-electron chi connectivity index (χ4n) is 1.47. The lowest BCUT2D eigenvalue weighted by molar-refractivity contribution is -0.141. The molecule has 21 heavy (non-hydrogen) atoms. The maximum atomic E-state index is 12.8. The Labute approximate surface area is 127 Å². The van der Waals surface area contributed by atoms with E-state index in [2.05, 4.69) is 21.5 Å². The van der Waals surface area contributed by atoms with Gasteiger partial charge in [0.15, 0.2) is 5.16 Å². The maximum Gasteiger partial charge on any atom is 0.433 e. The molecule has 0 aliphatic rings. The van der Waals surface area contributed by atoms with Gasteiger partial charge in [0.25, 0.3) is 0 Å². The third-order valence-electron chi connectivity index (χ3n) is 2.46. The number of nitrogens with zero attached hydrogens (tertiary/aromatic N) is 3. The molecule has 0 saturated carbocycles. The fraction of sp³-hybridized carbons (Fsp3) is 0.250. The maximum absolute atomic E-state index is 12.8. The fourth-order valence-corrected chi connectivity index (χ4v) is 3.22. The van der Waals surface area contributed by atoms with Crippen LogP contribution in [0.2, 0.25) is 0 Å². The van der Waals surface area contributed by atoms with Gasteiger partial charge in [-0.25, -0.2) is 15.0 Å². The number of nitrogens with two attached hydrogens (primary N) is 1. The molecule has 0 spiro atoms. The number of halogens is 3. The van der Waals surface area contributed by atoms with Gasteiger partial charge in [-0.15, -0.1) is 11.3 Å². The number of hydrogen-bond donors (Lipinski definition) is 1. The van der Waals surface area contributed by atoms with Crippen LogP contribution in [-0.4, -0.2) is 15.0 Å². The highest BCUT2D eigenvalue weighted by atomic mass is 32.2. The van der Waals surface area contributed by atoms with Crippen LogP contribution in [0.15, 0.2) is 23.3 Å². The summed E-state index contributed by atoms with van der Waals surface area (Å²) in [5.41, 5.74) is 6.94. The zero-order valence-corrected chi connectivity index (χ0v) is 12.4. The molecule has 2 aromatic rings. The molecule has 2 N–H and O–H groups in total. The highest BCUT2D eigenvalue weighted by molar-refractivity contribution is 7.98. The summed E-state index contributed by atoms with van der Waals surface area (Å²) < 4.78 is 38.3. The molecule has 0 aliphatic heterocycles. The van der Waals surface area contributed by atoms with E-state index in [-0.39, 0.29) is 17.4 Å². The molecule has 4 nitrogen and oxygen atoms in total. The first kappa shape index (κ1) is 15.9. The lowest BCUT2D eigenvalue weighted by atomic mass is 10.3. The standard InChI is InChI=1S/C12H11F3N4S2/c1-2-8-9(21-6-17-8)5-20-11-18-7(4-16)3-10(19-11)12(13,14)15/h2-3,6H,1,4-5,16H2. The average molecular weight is 332 g/mol. The third-order valence-corrected chi connectivity index (χ3v) is 4.36. The number of hydrogen-bond acceptors (Lipinski definition) is 6. The molecule has 9 heteroatoms. The van der Waals surface area contributed by atoms with E-state index < -0.39 is 11.9 Å². The summed E-state index contributed by atoms with van der Waals surface area (Å²) in [6, 6.07) is 0.867. The lowest BCUT2D eigenvalue weighted by Crippen LogP contribution is -2.12. The molecule has 112 valence electrons. The minimum Gasteiger partial charge on any atom is -0.325 e. The molecule has 0 radical (unpaired) electrons. The Kier molecular flexibility index (Phi) is 4.96. The van der Waals surface area contributed by atoms with E-state index in [1.54, 1.807) is 11.6 Å². The van der Waals surface area contributed by atoms with Crippen LogP contribution in [0.4, 0.5) is 13.2 Å².